The molecule has 0 aliphatic heterocycles. The fourth-order valence-corrected chi connectivity index (χ4v) is 1.33. The topological polar surface area (TPSA) is 35.2 Å². The zero-order chi connectivity index (χ0) is 10.8. The second-order valence-electron chi connectivity index (χ2n) is 4.62. The number of hydrogen-bond donors (Lipinski definition) is 1. The van der Waals surface area contributed by atoms with E-state index in [4.69, 9.17) is 10.5 Å². The van der Waals surface area contributed by atoms with Gasteiger partial charge in [-0.2, -0.15) is 0 Å². The van der Waals surface area contributed by atoms with Crippen LogP contribution in [0.15, 0.2) is 24.3 Å². The van der Waals surface area contributed by atoms with Crippen LogP contribution < -0.4 is 10.5 Å². The van der Waals surface area contributed by atoms with Gasteiger partial charge in [0, 0.05) is 6.04 Å². The average Bonchev–Trinajstić information content (AvgIpc) is 2.15. The highest BCUT2D eigenvalue weighted by Gasteiger charge is 2.22. The lowest BCUT2D eigenvalue weighted by atomic mass is 9.83. The summed E-state index contributed by atoms with van der Waals surface area (Å²) in [7, 11) is 1.67. The second kappa shape index (κ2) is 4.01. The zero-order valence-electron chi connectivity index (χ0n) is 9.37. The van der Waals surface area contributed by atoms with Gasteiger partial charge in [0.25, 0.3) is 0 Å². The lowest BCUT2D eigenvalue weighted by Gasteiger charge is -2.27. The van der Waals surface area contributed by atoms with E-state index in [1.54, 1.807) is 7.11 Å². The molecule has 0 radical (unpaired) electrons. The molecule has 0 saturated heterocycles. The Bertz CT molecular complexity index is 301. The van der Waals surface area contributed by atoms with Crippen LogP contribution in [0.4, 0.5) is 0 Å². The van der Waals surface area contributed by atoms with E-state index < -0.39 is 0 Å². The second-order valence-corrected chi connectivity index (χ2v) is 4.62. The molecule has 1 aromatic carbocycles. The first kappa shape index (κ1) is 11.1. The van der Waals surface area contributed by atoms with E-state index in [0.717, 1.165) is 11.3 Å². The summed E-state index contributed by atoms with van der Waals surface area (Å²) >= 11 is 0. The number of benzene rings is 1. The third-order valence-corrected chi connectivity index (χ3v) is 2.39. The van der Waals surface area contributed by atoms with Gasteiger partial charge in [-0.3, -0.25) is 0 Å². The first-order valence-corrected chi connectivity index (χ1v) is 4.84. The quantitative estimate of drug-likeness (QED) is 0.783. The van der Waals surface area contributed by atoms with Crippen LogP contribution in [0.25, 0.3) is 0 Å². The van der Waals surface area contributed by atoms with Gasteiger partial charge in [-0.25, -0.2) is 0 Å². The van der Waals surface area contributed by atoms with Crippen LogP contribution in [0.1, 0.15) is 32.4 Å². The van der Waals surface area contributed by atoms with Crippen molar-refractivity contribution in [3.8, 4) is 5.75 Å². The molecule has 1 unspecified atom stereocenters. The Morgan fingerprint density at radius 1 is 1.29 bits per heavy atom. The first-order chi connectivity index (χ1) is 6.45. The Balaban J connectivity index is 2.95. The number of nitrogens with two attached hydrogens (primary N) is 1. The molecule has 2 heteroatoms. The minimum absolute atomic E-state index is 0.0394. The Labute approximate surface area is 86.1 Å². The smallest absolute Gasteiger partial charge is 0.119 e. The molecule has 0 aliphatic rings. The summed E-state index contributed by atoms with van der Waals surface area (Å²) in [5.74, 6) is 0.863. The van der Waals surface area contributed by atoms with Crippen molar-refractivity contribution in [1.82, 2.24) is 0 Å². The van der Waals surface area contributed by atoms with E-state index >= 15 is 0 Å². The van der Waals surface area contributed by atoms with Crippen LogP contribution in [0.5, 0.6) is 5.75 Å². The Kier molecular flexibility index (Phi) is 3.17. The van der Waals surface area contributed by atoms with Gasteiger partial charge in [-0.1, -0.05) is 32.9 Å². The predicted octanol–water partition coefficient (Wildman–Crippen LogP) is 2.74. The monoisotopic (exact) mass is 193 g/mol. The molecule has 0 fully saturated rings. The highest BCUT2D eigenvalue weighted by atomic mass is 16.5. The molecular formula is C12H19NO. The Morgan fingerprint density at radius 2 is 1.93 bits per heavy atom. The van der Waals surface area contributed by atoms with Crippen LogP contribution in [0.3, 0.4) is 0 Å². The van der Waals surface area contributed by atoms with E-state index in [1.165, 1.54) is 0 Å². The fourth-order valence-electron chi connectivity index (χ4n) is 1.33. The van der Waals surface area contributed by atoms with Gasteiger partial charge in [-0.15, -0.1) is 0 Å². The van der Waals surface area contributed by atoms with Gasteiger partial charge in [0.05, 0.1) is 7.11 Å². The summed E-state index contributed by atoms with van der Waals surface area (Å²) in [5, 5.41) is 0. The molecule has 0 spiro atoms. The van der Waals surface area contributed by atoms with Crippen LogP contribution in [-0.2, 0) is 0 Å². The van der Waals surface area contributed by atoms with E-state index in [9.17, 15) is 0 Å². The van der Waals surface area contributed by atoms with Crippen LogP contribution in [0, 0.1) is 5.41 Å². The van der Waals surface area contributed by atoms with Crippen molar-refractivity contribution in [2.45, 2.75) is 26.8 Å². The summed E-state index contributed by atoms with van der Waals surface area (Å²) in [6.45, 7) is 6.41. The molecule has 2 nitrogen and oxygen atoms in total. The summed E-state index contributed by atoms with van der Waals surface area (Å²) in [6.07, 6.45) is 0. The van der Waals surface area contributed by atoms with Crippen molar-refractivity contribution in [3.05, 3.63) is 29.8 Å². The third-order valence-electron chi connectivity index (χ3n) is 2.39. The third kappa shape index (κ3) is 2.48. The number of hydrogen-bond acceptors (Lipinski definition) is 2. The van der Waals surface area contributed by atoms with Gasteiger partial charge in [0.1, 0.15) is 5.75 Å². The molecule has 0 bridgehead atoms. The lowest BCUT2D eigenvalue weighted by Crippen LogP contribution is -2.26. The summed E-state index contributed by atoms with van der Waals surface area (Å²) in [6, 6.07) is 7.98. The molecule has 0 aromatic heterocycles. The first-order valence-electron chi connectivity index (χ1n) is 4.84. The van der Waals surface area contributed by atoms with E-state index in [-0.39, 0.29) is 11.5 Å². The van der Waals surface area contributed by atoms with Crippen LogP contribution in [-0.4, -0.2) is 7.11 Å². The molecule has 1 aromatic rings. The van der Waals surface area contributed by atoms with Crippen LogP contribution in [0.2, 0.25) is 0 Å². The fraction of sp³-hybridized carbons (Fsp3) is 0.500. The SMILES string of the molecule is COc1cccc(C(N)C(C)(C)C)c1. The van der Waals surface area contributed by atoms with Gasteiger partial charge in [0.2, 0.25) is 0 Å². The maximum atomic E-state index is 6.14. The number of ether oxygens (including phenoxy) is 1. The number of rotatable bonds is 2. The van der Waals surface area contributed by atoms with Crippen molar-refractivity contribution < 1.29 is 4.74 Å². The lowest BCUT2D eigenvalue weighted by molar-refractivity contribution is 0.325. The normalized spacial score (nSPS) is 13.8. The predicted molar refractivity (Wildman–Crippen MR) is 59.4 cm³/mol. The molecule has 78 valence electrons. The summed E-state index contributed by atoms with van der Waals surface area (Å²) < 4.78 is 5.16. The molecule has 14 heavy (non-hydrogen) atoms. The molecule has 0 amide bonds. The van der Waals surface area contributed by atoms with Crippen molar-refractivity contribution in [3.63, 3.8) is 0 Å². The maximum absolute atomic E-state index is 6.14. The van der Waals surface area contributed by atoms with Gasteiger partial charge in [0.15, 0.2) is 0 Å². The number of methoxy groups -OCH3 is 1. The molecule has 2 N–H and O–H groups in total. The van der Waals surface area contributed by atoms with Crippen molar-refractivity contribution in [1.29, 1.82) is 0 Å². The Hall–Kier alpha value is -1.02. The van der Waals surface area contributed by atoms with Gasteiger partial charge in [-0.05, 0) is 23.1 Å². The minimum atomic E-state index is 0.0394. The van der Waals surface area contributed by atoms with Crippen LogP contribution >= 0.6 is 0 Å². The summed E-state index contributed by atoms with van der Waals surface area (Å²) in [4.78, 5) is 0. The molecule has 1 atom stereocenters. The van der Waals surface area contributed by atoms with Crippen molar-refractivity contribution in [2.75, 3.05) is 7.11 Å². The molecular weight excluding hydrogens is 174 g/mol. The minimum Gasteiger partial charge on any atom is -0.497 e. The molecule has 0 heterocycles. The highest BCUT2D eigenvalue weighted by molar-refractivity contribution is 5.31. The summed E-state index contributed by atoms with van der Waals surface area (Å²) in [5.41, 5.74) is 7.34. The van der Waals surface area contributed by atoms with E-state index in [1.807, 2.05) is 24.3 Å². The molecule has 1 rings (SSSR count). The highest BCUT2D eigenvalue weighted by Crippen LogP contribution is 2.31. The van der Waals surface area contributed by atoms with Crippen molar-refractivity contribution >= 4 is 0 Å². The Morgan fingerprint density at radius 3 is 2.43 bits per heavy atom. The van der Waals surface area contributed by atoms with E-state index in [0.29, 0.717) is 0 Å². The maximum Gasteiger partial charge on any atom is 0.119 e. The van der Waals surface area contributed by atoms with E-state index in [2.05, 4.69) is 20.8 Å². The van der Waals surface area contributed by atoms with Gasteiger partial charge >= 0.3 is 0 Å². The molecule has 0 saturated carbocycles. The largest absolute Gasteiger partial charge is 0.497 e. The van der Waals surface area contributed by atoms with Crippen molar-refractivity contribution in [2.24, 2.45) is 11.1 Å². The zero-order valence-corrected chi connectivity index (χ0v) is 9.37. The van der Waals surface area contributed by atoms with Gasteiger partial charge < -0.3 is 10.5 Å². The average molecular weight is 193 g/mol. The molecule has 0 aliphatic carbocycles. The standard InChI is InChI=1S/C12H19NO/c1-12(2,3)11(13)9-6-5-7-10(8-9)14-4/h5-8,11H,13H2,1-4H3.